The molecule has 0 bridgehead atoms. The monoisotopic (exact) mass is 570 g/mol. The summed E-state index contributed by atoms with van der Waals surface area (Å²) in [5.74, 6) is -1.08. The van der Waals surface area contributed by atoms with Gasteiger partial charge in [0.05, 0.1) is 25.0 Å². The van der Waals surface area contributed by atoms with Crippen molar-refractivity contribution in [1.29, 1.82) is 0 Å². The number of aryl methyl sites for hydroxylation is 1. The highest BCUT2D eigenvalue weighted by atomic mass is 19.1. The SMILES string of the molecule is CCOC(=O)C1=C(CCc2ccc(F)cc2)NC2=C(C(=O)CC(C)(C)C2)C1c1ccc(C(=O)NCc2ccco2)cc1. The Kier molecular flexibility index (Phi) is 8.43. The number of amides is 1. The lowest BCUT2D eigenvalue weighted by Crippen LogP contribution is -2.39. The maximum absolute atomic E-state index is 13.7. The number of ether oxygens (including phenoxy) is 1. The van der Waals surface area contributed by atoms with Crippen LogP contribution in [0.3, 0.4) is 0 Å². The van der Waals surface area contributed by atoms with Gasteiger partial charge in [0, 0.05) is 34.9 Å². The summed E-state index contributed by atoms with van der Waals surface area (Å²) in [6.45, 7) is 6.31. The van der Waals surface area contributed by atoms with Crippen molar-refractivity contribution in [2.45, 2.75) is 58.9 Å². The lowest BCUT2D eigenvalue weighted by molar-refractivity contribution is -0.138. The molecule has 42 heavy (non-hydrogen) atoms. The standard InChI is InChI=1S/C34H35FN2O5/c1-4-41-33(40)31-26(16-9-21-7-14-24(35)15-8-21)37-27-18-34(2,3)19-28(38)30(27)29(31)22-10-12-23(13-11-22)32(39)36-20-25-6-5-17-42-25/h5-8,10-15,17,29,37H,4,9,16,18-20H2,1-3H3,(H,36,39). The third-order valence-corrected chi connectivity index (χ3v) is 7.71. The highest BCUT2D eigenvalue weighted by molar-refractivity contribution is 6.04. The van der Waals surface area contributed by atoms with Crippen LogP contribution in [0, 0.1) is 11.2 Å². The lowest BCUT2D eigenvalue weighted by Gasteiger charge is -2.40. The summed E-state index contributed by atoms with van der Waals surface area (Å²) in [4.78, 5) is 40.0. The summed E-state index contributed by atoms with van der Waals surface area (Å²) >= 11 is 0. The van der Waals surface area contributed by atoms with Crippen LogP contribution in [0.1, 0.15) is 73.2 Å². The molecular formula is C34H35FN2O5. The van der Waals surface area contributed by atoms with Gasteiger partial charge in [-0.05, 0) is 79.1 Å². The number of rotatable bonds is 9. The maximum Gasteiger partial charge on any atom is 0.336 e. The van der Waals surface area contributed by atoms with Gasteiger partial charge in [-0.2, -0.15) is 0 Å². The Labute approximate surface area is 244 Å². The Morgan fingerprint density at radius 1 is 1.05 bits per heavy atom. The number of ketones is 1. The Balaban J connectivity index is 1.52. The van der Waals surface area contributed by atoms with Crippen LogP contribution in [0.2, 0.25) is 0 Å². The van der Waals surface area contributed by atoms with Crippen molar-refractivity contribution in [3.63, 3.8) is 0 Å². The van der Waals surface area contributed by atoms with E-state index in [1.54, 1.807) is 61.7 Å². The van der Waals surface area contributed by atoms with Crippen molar-refractivity contribution in [2.75, 3.05) is 6.61 Å². The number of carbonyl (C=O) groups excluding carboxylic acids is 3. The number of hydrogen-bond donors (Lipinski definition) is 2. The van der Waals surface area contributed by atoms with Gasteiger partial charge >= 0.3 is 5.97 Å². The van der Waals surface area contributed by atoms with E-state index in [2.05, 4.69) is 24.5 Å². The highest BCUT2D eigenvalue weighted by Crippen LogP contribution is 2.47. The van der Waals surface area contributed by atoms with Gasteiger partial charge in [0.1, 0.15) is 11.6 Å². The minimum absolute atomic E-state index is 0.0154. The van der Waals surface area contributed by atoms with Crippen molar-refractivity contribution in [3.8, 4) is 0 Å². The number of halogens is 1. The normalized spacial score (nSPS) is 17.9. The molecule has 1 aliphatic heterocycles. The predicted octanol–water partition coefficient (Wildman–Crippen LogP) is 6.13. The molecule has 1 aliphatic carbocycles. The Morgan fingerprint density at radius 3 is 2.45 bits per heavy atom. The second-order valence-electron chi connectivity index (χ2n) is 11.5. The molecule has 3 aromatic rings. The fourth-order valence-electron chi connectivity index (χ4n) is 5.76. The number of dihydropyridines is 1. The van der Waals surface area contributed by atoms with Gasteiger partial charge < -0.3 is 19.8 Å². The van der Waals surface area contributed by atoms with Crippen molar-refractivity contribution in [1.82, 2.24) is 10.6 Å². The van der Waals surface area contributed by atoms with Crippen LogP contribution >= 0.6 is 0 Å². The van der Waals surface area contributed by atoms with E-state index in [0.29, 0.717) is 53.9 Å². The first-order valence-corrected chi connectivity index (χ1v) is 14.2. The van der Waals surface area contributed by atoms with E-state index in [-0.39, 0.29) is 36.1 Å². The molecule has 1 unspecified atom stereocenters. The van der Waals surface area contributed by atoms with Crippen LogP contribution in [0.25, 0.3) is 0 Å². The molecule has 1 amide bonds. The van der Waals surface area contributed by atoms with Crippen molar-refractivity contribution in [3.05, 3.63) is 118 Å². The lowest BCUT2D eigenvalue weighted by atomic mass is 9.68. The largest absolute Gasteiger partial charge is 0.467 e. The molecule has 1 atom stereocenters. The van der Waals surface area contributed by atoms with Crippen molar-refractivity contribution in [2.24, 2.45) is 5.41 Å². The van der Waals surface area contributed by atoms with E-state index >= 15 is 0 Å². The van der Waals surface area contributed by atoms with Crippen LogP contribution in [-0.2, 0) is 27.3 Å². The van der Waals surface area contributed by atoms with Gasteiger partial charge in [-0.3, -0.25) is 9.59 Å². The first-order valence-electron chi connectivity index (χ1n) is 14.2. The number of allylic oxidation sites excluding steroid dienone is 3. The van der Waals surface area contributed by atoms with Crippen molar-refractivity contribution >= 4 is 17.7 Å². The van der Waals surface area contributed by atoms with Crippen LogP contribution in [0.15, 0.2) is 93.9 Å². The summed E-state index contributed by atoms with van der Waals surface area (Å²) in [7, 11) is 0. The highest BCUT2D eigenvalue weighted by Gasteiger charge is 2.43. The Bertz CT molecular complexity index is 1530. The van der Waals surface area contributed by atoms with E-state index in [0.717, 1.165) is 16.8 Å². The topological polar surface area (TPSA) is 97.6 Å². The zero-order valence-electron chi connectivity index (χ0n) is 24.1. The first kappa shape index (κ1) is 29.0. The van der Waals surface area contributed by atoms with Gasteiger partial charge in [0.25, 0.3) is 5.91 Å². The predicted molar refractivity (Wildman–Crippen MR) is 156 cm³/mol. The number of hydrogen-bond acceptors (Lipinski definition) is 6. The fourth-order valence-corrected chi connectivity index (χ4v) is 5.76. The minimum atomic E-state index is -0.646. The molecule has 8 heteroatoms. The summed E-state index contributed by atoms with van der Waals surface area (Å²) in [5, 5.41) is 6.30. The summed E-state index contributed by atoms with van der Waals surface area (Å²) in [6, 6.07) is 16.8. The second kappa shape index (κ2) is 12.2. The molecule has 1 aromatic heterocycles. The van der Waals surface area contributed by atoms with Crippen LogP contribution in [-0.4, -0.2) is 24.3 Å². The van der Waals surface area contributed by atoms with Gasteiger partial charge in [-0.15, -0.1) is 0 Å². The average molecular weight is 571 g/mol. The molecule has 0 radical (unpaired) electrons. The molecule has 2 aromatic carbocycles. The van der Waals surface area contributed by atoms with E-state index in [4.69, 9.17) is 9.15 Å². The number of esters is 1. The molecule has 0 spiro atoms. The zero-order chi connectivity index (χ0) is 29.9. The number of nitrogens with one attached hydrogen (secondary N) is 2. The molecule has 7 nitrogen and oxygen atoms in total. The summed E-state index contributed by atoms with van der Waals surface area (Å²) in [6.07, 6.45) is 3.59. The molecule has 5 rings (SSSR count). The Morgan fingerprint density at radius 2 is 1.79 bits per heavy atom. The van der Waals surface area contributed by atoms with Gasteiger partial charge in [-0.25, -0.2) is 9.18 Å². The van der Waals surface area contributed by atoms with Gasteiger partial charge in [0.2, 0.25) is 0 Å². The number of benzene rings is 2. The number of Topliss-reactive ketones (excluding diaryl/α,β-unsaturated/α-hetero) is 1. The maximum atomic E-state index is 13.7. The molecular weight excluding hydrogens is 535 g/mol. The van der Waals surface area contributed by atoms with E-state index in [1.165, 1.54) is 12.1 Å². The van der Waals surface area contributed by atoms with E-state index in [9.17, 15) is 18.8 Å². The zero-order valence-corrected chi connectivity index (χ0v) is 24.1. The number of carbonyl (C=O) groups is 3. The summed E-state index contributed by atoms with van der Waals surface area (Å²) < 4.78 is 24.3. The molecule has 218 valence electrons. The smallest absolute Gasteiger partial charge is 0.336 e. The summed E-state index contributed by atoms with van der Waals surface area (Å²) in [5.41, 5.74) is 4.31. The van der Waals surface area contributed by atoms with Crippen LogP contribution in [0.5, 0.6) is 0 Å². The first-order chi connectivity index (χ1) is 20.1. The second-order valence-corrected chi connectivity index (χ2v) is 11.5. The number of furan rings is 1. The average Bonchev–Trinajstić information content (AvgIpc) is 3.48. The van der Waals surface area contributed by atoms with E-state index in [1.807, 2.05) is 0 Å². The molecule has 0 fully saturated rings. The molecule has 2 heterocycles. The van der Waals surface area contributed by atoms with Gasteiger partial charge in [-0.1, -0.05) is 38.1 Å². The quantitative estimate of drug-likeness (QED) is 0.301. The van der Waals surface area contributed by atoms with Gasteiger partial charge in [0.15, 0.2) is 5.78 Å². The third-order valence-electron chi connectivity index (χ3n) is 7.71. The van der Waals surface area contributed by atoms with Crippen LogP contribution in [0.4, 0.5) is 4.39 Å². The molecule has 0 saturated heterocycles. The van der Waals surface area contributed by atoms with Crippen LogP contribution < -0.4 is 10.6 Å². The fraction of sp³-hybridized carbons (Fsp3) is 0.324. The third kappa shape index (κ3) is 6.38. The van der Waals surface area contributed by atoms with Crippen molar-refractivity contribution < 1.29 is 27.9 Å². The minimum Gasteiger partial charge on any atom is -0.467 e. The molecule has 0 saturated carbocycles. The molecule has 2 aliphatic rings. The molecule has 2 N–H and O–H groups in total. The van der Waals surface area contributed by atoms with E-state index < -0.39 is 11.9 Å². The Hall–Kier alpha value is -4.46.